The van der Waals surface area contributed by atoms with Crippen molar-refractivity contribution in [1.82, 2.24) is 14.5 Å². The lowest BCUT2D eigenvalue weighted by atomic mass is 9.86. The van der Waals surface area contributed by atoms with Crippen LogP contribution in [-0.4, -0.2) is 14.5 Å². The highest BCUT2D eigenvalue weighted by atomic mass is 16.1. The lowest BCUT2D eigenvalue weighted by Crippen LogP contribution is -2.20. The molecule has 1 aliphatic carbocycles. The van der Waals surface area contributed by atoms with Crippen LogP contribution in [0.2, 0.25) is 0 Å². The molecule has 0 amide bonds. The van der Waals surface area contributed by atoms with Gasteiger partial charge in [0.2, 0.25) is 0 Å². The molecule has 0 fully saturated rings. The Morgan fingerprint density at radius 1 is 0.537 bits per heavy atom. The average Bonchev–Trinajstić information content (AvgIpc) is 3.40. The number of rotatable bonds is 3. The number of pyridine rings is 1. The van der Waals surface area contributed by atoms with Crippen LogP contribution in [0, 0.1) is 0 Å². The van der Waals surface area contributed by atoms with Gasteiger partial charge in [0.25, 0.3) is 5.56 Å². The highest BCUT2D eigenvalue weighted by Gasteiger charge is 2.30. The van der Waals surface area contributed by atoms with Gasteiger partial charge in [0.05, 0.1) is 16.7 Å². The molecule has 54 heavy (non-hydrogen) atoms. The van der Waals surface area contributed by atoms with Crippen molar-refractivity contribution in [1.29, 1.82) is 0 Å². The quantitative estimate of drug-likeness (QED) is 0.173. The van der Waals surface area contributed by atoms with E-state index in [-0.39, 0.29) is 11.5 Å². The normalized spacial score (nSPS) is 14.0. The molecule has 11 rings (SSSR count). The van der Waals surface area contributed by atoms with E-state index in [1.165, 1.54) is 21.9 Å². The van der Waals surface area contributed by atoms with Crippen LogP contribution < -0.4 is 5.56 Å². The van der Waals surface area contributed by atoms with E-state index >= 15 is 0 Å². The Kier molecular flexibility index (Phi) is 6.86. The maximum atomic E-state index is 14.9. The van der Waals surface area contributed by atoms with Crippen molar-refractivity contribution < 1.29 is 0 Å². The molecule has 2 heterocycles. The summed E-state index contributed by atoms with van der Waals surface area (Å²) in [5.74, 6) is 0.608. The second kappa shape index (κ2) is 12.1. The van der Waals surface area contributed by atoms with Crippen LogP contribution in [0.3, 0.4) is 0 Å². The minimum atomic E-state index is -0.169. The first kappa shape index (κ1) is 30.7. The average molecular weight is 692 g/mol. The van der Waals surface area contributed by atoms with Crippen molar-refractivity contribution in [2.45, 2.75) is 18.8 Å². The van der Waals surface area contributed by atoms with E-state index in [4.69, 9.17) is 9.97 Å². The number of para-hydroxylation sites is 2. The van der Waals surface area contributed by atoms with Crippen molar-refractivity contribution in [3.8, 4) is 28.1 Å². The van der Waals surface area contributed by atoms with Gasteiger partial charge in [-0.05, 0) is 93.0 Å². The van der Waals surface area contributed by atoms with Crippen molar-refractivity contribution in [3.05, 3.63) is 197 Å². The summed E-state index contributed by atoms with van der Waals surface area (Å²) in [6.07, 6.45) is 1.65. The van der Waals surface area contributed by atoms with E-state index in [9.17, 15) is 4.79 Å². The smallest absolute Gasteiger partial charge is 0.263 e. The van der Waals surface area contributed by atoms with Gasteiger partial charge in [-0.25, -0.2) is 9.97 Å². The van der Waals surface area contributed by atoms with Gasteiger partial charge >= 0.3 is 0 Å². The zero-order chi connectivity index (χ0) is 35.8. The van der Waals surface area contributed by atoms with Crippen LogP contribution >= 0.6 is 0 Å². The Morgan fingerprint density at radius 3 is 2.02 bits per heavy atom. The number of aromatic nitrogens is 3. The minimum Gasteiger partial charge on any atom is -0.276 e. The van der Waals surface area contributed by atoms with E-state index in [0.29, 0.717) is 5.39 Å². The molecule has 0 aliphatic heterocycles. The lowest BCUT2D eigenvalue weighted by Gasteiger charge is -2.21. The highest BCUT2D eigenvalue weighted by molar-refractivity contribution is 6.11. The summed E-state index contributed by atoms with van der Waals surface area (Å²) in [5.41, 5.74) is 9.39. The summed E-state index contributed by atoms with van der Waals surface area (Å²) < 4.78 is 1.87. The molecule has 254 valence electrons. The zero-order valence-corrected chi connectivity index (χ0v) is 29.4. The number of nitrogens with zero attached hydrogens (tertiary/aromatic N) is 3. The Balaban J connectivity index is 1.27. The Morgan fingerprint density at radius 2 is 1.20 bits per heavy atom. The van der Waals surface area contributed by atoms with E-state index in [2.05, 4.69) is 127 Å². The third-order valence-electron chi connectivity index (χ3n) is 11.4. The molecule has 0 radical (unpaired) electrons. The van der Waals surface area contributed by atoms with Gasteiger partial charge in [0.1, 0.15) is 5.82 Å². The zero-order valence-electron chi connectivity index (χ0n) is 29.4. The molecule has 1 aliphatic rings. The first-order valence-corrected chi connectivity index (χ1v) is 18.6. The second-order valence-electron chi connectivity index (χ2n) is 14.4. The first-order valence-electron chi connectivity index (χ1n) is 18.6. The molecule has 10 aromatic rings. The van der Waals surface area contributed by atoms with E-state index < -0.39 is 0 Å². The minimum absolute atomic E-state index is 0.0331. The van der Waals surface area contributed by atoms with Crippen LogP contribution in [0.1, 0.15) is 29.3 Å². The van der Waals surface area contributed by atoms with Crippen molar-refractivity contribution >= 4 is 54.1 Å². The third kappa shape index (κ3) is 4.66. The largest absolute Gasteiger partial charge is 0.276 e. The van der Waals surface area contributed by atoms with E-state index in [0.717, 1.165) is 84.7 Å². The van der Waals surface area contributed by atoms with Gasteiger partial charge in [-0.15, -0.1) is 0 Å². The molecular weight excluding hydrogens is 659 g/mol. The molecule has 1 atom stereocenters. The molecular formula is C50H33N3O. The van der Waals surface area contributed by atoms with Crippen LogP contribution in [-0.2, 0) is 6.42 Å². The number of hydrogen-bond donors (Lipinski definition) is 0. The fourth-order valence-corrected chi connectivity index (χ4v) is 8.90. The maximum Gasteiger partial charge on any atom is 0.263 e. The Hall–Kier alpha value is -6.91. The summed E-state index contributed by atoms with van der Waals surface area (Å²) in [6.45, 7) is 0. The van der Waals surface area contributed by atoms with Crippen molar-refractivity contribution in [3.63, 3.8) is 0 Å². The third-order valence-corrected chi connectivity index (χ3v) is 11.4. The predicted octanol–water partition coefficient (Wildman–Crippen LogP) is 11.8. The number of fused-ring (bicyclic) bond motifs is 11. The molecule has 0 saturated carbocycles. The van der Waals surface area contributed by atoms with Gasteiger partial charge in [-0.2, -0.15) is 0 Å². The van der Waals surface area contributed by atoms with Gasteiger partial charge in [-0.3, -0.25) is 9.36 Å². The van der Waals surface area contributed by atoms with Crippen LogP contribution in [0.15, 0.2) is 175 Å². The van der Waals surface area contributed by atoms with Gasteiger partial charge in [0.15, 0.2) is 0 Å². The molecule has 0 saturated heterocycles. The molecule has 4 heteroatoms. The molecule has 4 nitrogen and oxygen atoms in total. The topological polar surface area (TPSA) is 47.8 Å². The highest BCUT2D eigenvalue weighted by Crippen LogP contribution is 2.46. The monoisotopic (exact) mass is 691 g/mol. The molecule has 0 bridgehead atoms. The van der Waals surface area contributed by atoms with Crippen molar-refractivity contribution in [2.24, 2.45) is 0 Å². The van der Waals surface area contributed by atoms with Gasteiger partial charge < -0.3 is 0 Å². The van der Waals surface area contributed by atoms with Gasteiger partial charge in [-0.1, -0.05) is 133 Å². The summed E-state index contributed by atoms with van der Waals surface area (Å²) >= 11 is 0. The molecule has 0 N–H and O–H groups in total. The Labute approximate surface area is 311 Å². The standard InChI is InChI=1S/C50H33N3O/c54-50-44-30-42-39(49-51-47(34-15-3-1-4-16-34)40-28-25-32-14-8-10-20-37(32)48(40)52-49)27-26-33-24-23-31-13-7-9-19-36(31)46(33)43(42)29-41(44)38-21-11-12-22-45(38)53(50)35-17-5-2-6-18-35/h1-25,28-30,39H,26-27H2. The van der Waals surface area contributed by atoms with Crippen LogP contribution in [0.5, 0.6) is 0 Å². The van der Waals surface area contributed by atoms with Gasteiger partial charge in [0, 0.05) is 38.7 Å². The fourth-order valence-electron chi connectivity index (χ4n) is 8.90. The Bertz CT molecular complexity index is 3190. The predicted molar refractivity (Wildman–Crippen MR) is 223 cm³/mol. The summed E-state index contributed by atoms with van der Waals surface area (Å²) in [7, 11) is 0. The lowest BCUT2D eigenvalue weighted by molar-refractivity contribution is 0.685. The molecule has 8 aromatic carbocycles. The van der Waals surface area contributed by atoms with E-state index in [1.807, 2.05) is 47.0 Å². The molecule has 2 aromatic heterocycles. The SMILES string of the molecule is O=c1c2cc3c(cc2c2ccccc2n1-c1ccccc1)-c1c(ccc2ccccc12)CCC3c1nc(-c2ccccc2)c2ccc3ccccc3c2n1. The first-order chi connectivity index (χ1) is 26.7. The number of hydrogen-bond acceptors (Lipinski definition) is 3. The van der Waals surface area contributed by atoms with Crippen LogP contribution in [0.4, 0.5) is 0 Å². The van der Waals surface area contributed by atoms with Crippen molar-refractivity contribution in [2.75, 3.05) is 0 Å². The van der Waals surface area contributed by atoms with E-state index in [1.54, 1.807) is 0 Å². The van der Waals surface area contributed by atoms with Crippen LogP contribution in [0.25, 0.3) is 82.2 Å². The summed E-state index contributed by atoms with van der Waals surface area (Å²) in [5, 5.41) is 8.39. The fraction of sp³-hybridized carbons (Fsp3) is 0.0600. The molecule has 1 unspecified atom stereocenters. The number of benzene rings is 8. The maximum absolute atomic E-state index is 14.9. The number of aryl methyl sites for hydroxylation is 1. The summed E-state index contributed by atoms with van der Waals surface area (Å²) in [6, 6.07) is 59.2. The molecule has 0 spiro atoms. The second-order valence-corrected chi connectivity index (χ2v) is 14.4. The summed E-state index contributed by atoms with van der Waals surface area (Å²) in [4.78, 5) is 25.9.